The molecule has 0 saturated carbocycles. The van der Waals surface area contributed by atoms with E-state index in [9.17, 15) is 9.59 Å². The second-order valence-corrected chi connectivity index (χ2v) is 5.11. The van der Waals surface area contributed by atoms with Crippen molar-refractivity contribution in [2.24, 2.45) is 5.41 Å². The van der Waals surface area contributed by atoms with E-state index >= 15 is 0 Å². The molecule has 1 N–H and O–H groups in total. The molecule has 0 unspecified atom stereocenters. The zero-order valence-corrected chi connectivity index (χ0v) is 11.9. The third kappa shape index (κ3) is 3.71. The quantitative estimate of drug-likeness (QED) is 0.853. The molecule has 0 aliphatic heterocycles. The van der Waals surface area contributed by atoms with E-state index in [0.29, 0.717) is 17.0 Å². The SMILES string of the molecule is COC(=O)c1ccc(NC(=O)C(C)(C)C)cc1OC. The molecule has 104 valence electrons. The van der Waals surface area contributed by atoms with Crippen LogP contribution < -0.4 is 10.1 Å². The molecule has 0 aliphatic rings. The van der Waals surface area contributed by atoms with Crippen LogP contribution in [0.15, 0.2) is 18.2 Å². The number of methoxy groups -OCH3 is 2. The summed E-state index contributed by atoms with van der Waals surface area (Å²) in [6, 6.07) is 4.79. The maximum Gasteiger partial charge on any atom is 0.341 e. The highest BCUT2D eigenvalue weighted by atomic mass is 16.5. The van der Waals surface area contributed by atoms with Crippen molar-refractivity contribution in [3.05, 3.63) is 23.8 Å². The molecule has 1 rings (SSSR count). The third-order valence-corrected chi connectivity index (χ3v) is 2.55. The molecule has 1 aromatic carbocycles. The monoisotopic (exact) mass is 265 g/mol. The molecule has 0 aromatic heterocycles. The van der Waals surface area contributed by atoms with Crippen LogP contribution in [0.1, 0.15) is 31.1 Å². The van der Waals surface area contributed by atoms with E-state index in [0.717, 1.165) is 0 Å². The Morgan fingerprint density at radius 3 is 2.26 bits per heavy atom. The van der Waals surface area contributed by atoms with E-state index in [1.807, 2.05) is 20.8 Å². The Labute approximate surface area is 112 Å². The zero-order valence-electron chi connectivity index (χ0n) is 11.9. The van der Waals surface area contributed by atoms with Gasteiger partial charge in [0, 0.05) is 17.2 Å². The first kappa shape index (κ1) is 15.0. The Hall–Kier alpha value is -2.04. The first-order valence-corrected chi connectivity index (χ1v) is 5.87. The van der Waals surface area contributed by atoms with Crippen molar-refractivity contribution in [3.8, 4) is 5.75 Å². The molecule has 0 heterocycles. The largest absolute Gasteiger partial charge is 0.496 e. The lowest BCUT2D eigenvalue weighted by molar-refractivity contribution is -0.123. The van der Waals surface area contributed by atoms with Gasteiger partial charge in [-0.25, -0.2) is 4.79 Å². The molecule has 0 aliphatic carbocycles. The van der Waals surface area contributed by atoms with E-state index in [2.05, 4.69) is 10.1 Å². The van der Waals surface area contributed by atoms with Gasteiger partial charge in [-0.2, -0.15) is 0 Å². The lowest BCUT2D eigenvalue weighted by Crippen LogP contribution is -2.27. The number of amides is 1. The fourth-order valence-electron chi connectivity index (χ4n) is 1.37. The fraction of sp³-hybridized carbons (Fsp3) is 0.429. The molecule has 1 aromatic rings. The number of esters is 1. The van der Waals surface area contributed by atoms with E-state index in [1.165, 1.54) is 14.2 Å². The number of ether oxygens (including phenoxy) is 2. The van der Waals surface area contributed by atoms with Crippen LogP contribution in [-0.2, 0) is 9.53 Å². The van der Waals surface area contributed by atoms with Crippen LogP contribution in [0.25, 0.3) is 0 Å². The van der Waals surface area contributed by atoms with Crippen LogP contribution in [0.4, 0.5) is 5.69 Å². The van der Waals surface area contributed by atoms with Crippen LogP contribution in [-0.4, -0.2) is 26.1 Å². The smallest absolute Gasteiger partial charge is 0.341 e. The highest BCUT2D eigenvalue weighted by Crippen LogP contribution is 2.25. The van der Waals surface area contributed by atoms with E-state index in [4.69, 9.17) is 4.74 Å². The predicted octanol–water partition coefficient (Wildman–Crippen LogP) is 2.47. The van der Waals surface area contributed by atoms with Crippen molar-refractivity contribution in [1.29, 1.82) is 0 Å². The average Bonchev–Trinajstić information content (AvgIpc) is 2.36. The maximum atomic E-state index is 11.9. The van der Waals surface area contributed by atoms with Gasteiger partial charge in [0.05, 0.1) is 14.2 Å². The van der Waals surface area contributed by atoms with E-state index < -0.39 is 11.4 Å². The van der Waals surface area contributed by atoms with Crippen molar-refractivity contribution in [1.82, 2.24) is 0 Å². The fourth-order valence-corrected chi connectivity index (χ4v) is 1.37. The van der Waals surface area contributed by atoms with Crippen LogP contribution in [0, 0.1) is 5.41 Å². The number of nitrogens with one attached hydrogen (secondary N) is 1. The van der Waals surface area contributed by atoms with Gasteiger partial charge in [0.2, 0.25) is 5.91 Å². The number of anilines is 1. The average molecular weight is 265 g/mol. The number of hydrogen-bond donors (Lipinski definition) is 1. The summed E-state index contributed by atoms with van der Waals surface area (Å²) in [6.45, 7) is 5.47. The standard InChI is InChI=1S/C14H19NO4/c1-14(2,3)13(17)15-9-6-7-10(12(16)19-5)11(8-9)18-4/h6-8H,1-5H3,(H,15,17). The van der Waals surface area contributed by atoms with Gasteiger partial charge in [-0.05, 0) is 12.1 Å². The minimum absolute atomic E-state index is 0.111. The van der Waals surface area contributed by atoms with E-state index in [-0.39, 0.29) is 5.91 Å². The van der Waals surface area contributed by atoms with E-state index in [1.54, 1.807) is 18.2 Å². The van der Waals surface area contributed by atoms with Crippen molar-refractivity contribution in [2.75, 3.05) is 19.5 Å². The third-order valence-electron chi connectivity index (χ3n) is 2.55. The van der Waals surface area contributed by atoms with Crippen molar-refractivity contribution >= 4 is 17.6 Å². The molecule has 5 heteroatoms. The van der Waals surface area contributed by atoms with Crippen LogP contribution in [0.2, 0.25) is 0 Å². The summed E-state index contributed by atoms with van der Waals surface area (Å²) in [5, 5.41) is 2.77. The van der Waals surface area contributed by atoms with Gasteiger partial charge in [-0.3, -0.25) is 4.79 Å². The van der Waals surface area contributed by atoms with Gasteiger partial charge in [0.25, 0.3) is 0 Å². The van der Waals surface area contributed by atoms with Gasteiger partial charge >= 0.3 is 5.97 Å². The molecule has 0 spiro atoms. The molecule has 19 heavy (non-hydrogen) atoms. The number of carbonyl (C=O) groups excluding carboxylic acids is 2. The van der Waals surface area contributed by atoms with Gasteiger partial charge in [-0.1, -0.05) is 20.8 Å². The lowest BCUT2D eigenvalue weighted by Gasteiger charge is -2.18. The summed E-state index contributed by atoms with van der Waals surface area (Å²) in [5.74, 6) is -0.232. The Morgan fingerprint density at radius 1 is 1.16 bits per heavy atom. The van der Waals surface area contributed by atoms with Crippen molar-refractivity contribution < 1.29 is 19.1 Å². The molecule has 0 saturated heterocycles. The minimum atomic E-state index is -0.492. The van der Waals surface area contributed by atoms with Crippen LogP contribution in [0.5, 0.6) is 5.75 Å². The normalized spacial score (nSPS) is 10.8. The lowest BCUT2D eigenvalue weighted by atomic mass is 9.95. The van der Waals surface area contributed by atoms with Crippen molar-refractivity contribution in [2.45, 2.75) is 20.8 Å². The predicted molar refractivity (Wildman–Crippen MR) is 72.4 cm³/mol. The highest BCUT2D eigenvalue weighted by molar-refractivity contribution is 5.97. The first-order chi connectivity index (χ1) is 8.79. The van der Waals surface area contributed by atoms with Gasteiger partial charge < -0.3 is 14.8 Å². The van der Waals surface area contributed by atoms with Crippen molar-refractivity contribution in [3.63, 3.8) is 0 Å². The Balaban J connectivity index is 3.01. The zero-order chi connectivity index (χ0) is 14.6. The molecular formula is C14H19NO4. The van der Waals surface area contributed by atoms with Crippen LogP contribution >= 0.6 is 0 Å². The summed E-state index contributed by atoms with van der Waals surface area (Å²) in [4.78, 5) is 23.4. The summed E-state index contributed by atoms with van der Waals surface area (Å²) in [6.07, 6.45) is 0. The first-order valence-electron chi connectivity index (χ1n) is 5.87. The number of rotatable bonds is 3. The summed E-state index contributed by atoms with van der Waals surface area (Å²) >= 11 is 0. The molecule has 0 bridgehead atoms. The molecule has 5 nitrogen and oxygen atoms in total. The van der Waals surface area contributed by atoms with Gasteiger partial charge in [0.1, 0.15) is 11.3 Å². The molecular weight excluding hydrogens is 246 g/mol. The Morgan fingerprint density at radius 2 is 1.79 bits per heavy atom. The number of hydrogen-bond acceptors (Lipinski definition) is 4. The summed E-state index contributed by atoms with van der Waals surface area (Å²) in [5.41, 5.74) is 0.400. The molecule has 0 atom stereocenters. The second kappa shape index (κ2) is 5.73. The molecule has 0 radical (unpaired) electrons. The highest BCUT2D eigenvalue weighted by Gasteiger charge is 2.22. The number of benzene rings is 1. The van der Waals surface area contributed by atoms with Gasteiger partial charge in [-0.15, -0.1) is 0 Å². The summed E-state index contributed by atoms with van der Waals surface area (Å²) in [7, 11) is 2.76. The maximum absolute atomic E-state index is 11.9. The van der Waals surface area contributed by atoms with Gasteiger partial charge in [0.15, 0.2) is 0 Å². The summed E-state index contributed by atoms with van der Waals surface area (Å²) < 4.78 is 9.77. The second-order valence-electron chi connectivity index (χ2n) is 5.11. The molecule has 1 amide bonds. The van der Waals surface area contributed by atoms with Crippen LogP contribution in [0.3, 0.4) is 0 Å². The Kier molecular flexibility index (Phi) is 4.53. The Bertz CT molecular complexity index is 489. The molecule has 0 fully saturated rings. The number of carbonyl (C=O) groups is 2. The topological polar surface area (TPSA) is 64.6 Å². The minimum Gasteiger partial charge on any atom is -0.496 e.